The topological polar surface area (TPSA) is 21.3 Å². The number of nitrogens with one attached hydrogen (secondary N) is 1. The zero-order valence-corrected chi connectivity index (χ0v) is 8.79. The Kier molecular flexibility index (Phi) is 2.85. The highest BCUT2D eigenvalue weighted by Gasteiger charge is 2.22. The number of morpholine rings is 1. The smallest absolute Gasteiger partial charge is 0.0975 e. The molecular formula is C12H17NO. The normalized spacial score (nSPS) is 27.6. The molecule has 1 N–H and O–H groups in total. The van der Waals surface area contributed by atoms with Crippen LogP contribution in [0.1, 0.15) is 24.2 Å². The van der Waals surface area contributed by atoms with E-state index in [1.807, 2.05) is 0 Å². The van der Waals surface area contributed by atoms with Crippen molar-refractivity contribution in [2.45, 2.75) is 26.0 Å². The van der Waals surface area contributed by atoms with E-state index in [9.17, 15) is 0 Å². The van der Waals surface area contributed by atoms with Crippen molar-refractivity contribution in [1.29, 1.82) is 0 Å². The molecule has 0 spiro atoms. The highest BCUT2D eigenvalue weighted by molar-refractivity contribution is 5.24. The summed E-state index contributed by atoms with van der Waals surface area (Å²) in [5, 5.41) is 3.42. The molecule has 14 heavy (non-hydrogen) atoms. The zero-order chi connectivity index (χ0) is 9.97. The highest BCUT2D eigenvalue weighted by Crippen LogP contribution is 2.23. The summed E-state index contributed by atoms with van der Waals surface area (Å²) in [5.74, 6) is 0. The molecule has 0 saturated carbocycles. The van der Waals surface area contributed by atoms with Gasteiger partial charge in [-0.05, 0) is 19.4 Å². The molecule has 1 aromatic carbocycles. The zero-order valence-electron chi connectivity index (χ0n) is 8.79. The third-order valence-corrected chi connectivity index (χ3v) is 2.73. The average molecular weight is 191 g/mol. The Balaban J connectivity index is 2.16. The van der Waals surface area contributed by atoms with E-state index in [1.54, 1.807) is 0 Å². The number of rotatable bonds is 1. The maximum atomic E-state index is 5.75. The summed E-state index contributed by atoms with van der Waals surface area (Å²) < 4.78 is 5.75. The van der Waals surface area contributed by atoms with Gasteiger partial charge in [-0.1, -0.05) is 29.8 Å². The number of benzene rings is 1. The van der Waals surface area contributed by atoms with Crippen molar-refractivity contribution in [2.24, 2.45) is 0 Å². The van der Waals surface area contributed by atoms with Crippen LogP contribution in [0.2, 0.25) is 0 Å². The molecule has 1 aromatic rings. The van der Waals surface area contributed by atoms with Crippen molar-refractivity contribution < 1.29 is 4.74 Å². The predicted octanol–water partition coefficient (Wildman–Crippen LogP) is 2.04. The van der Waals surface area contributed by atoms with E-state index in [4.69, 9.17) is 4.74 Å². The van der Waals surface area contributed by atoms with E-state index < -0.39 is 0 Å². The third-order valence-electron chi connectivity index (χ3n) is 2.73. The second-order valence-corrected chi connectivity index (χ2v) is 3.94. The lowest BCUT2D eigenvalue weighted by atomic mass is 10.0. The number of ether oxygens (including phenoxy) is 1. The van der Waals surface area contributed by atoms with Gasteiger partial charge in [-0.25, -0.2) is 0 Å². The van der Waals surface area contributed by atoms with Crippen molar-refractivity contribution in [3.8, 4) is 0 Å². The lowest BCUT2D eigenvalue weighted by Gasteiger charge is -2.30. The van der Waals surface area contributed by atoms with E-state index in [-0.39, 0.29) is 6.10 Å². The summed E-state index contributed by atoms with van der Waals surface area (Å²) in [6, 6.07) is 9.00. The van der Waals surface area contributed by atoms with E-state index in [0.717, 1.165) is 13.2 Å². The Morgan fingerprint density at radius 2 is 2.00 bits per heavy atom. The van der Waals surface area contributed by atoms with Crippen LogP contribution in [0.15, 0.2) is 24.3 Å². The van der Waals surface area contributed by atoms with Crippen LogP contribution in [0.4, 0.5) is 0 Å². The van der Waals surface area contributed by atoms with Gasteiger partial charge in [0.15, 0.2) is 0 Å². The van der Waals surface area contributed by atoms with Crippen molar-refractivity contribution in [1.82, 2.24) is 5.32 Å². The maximum Gasteiger partial charge on any atom is 0.0975 e. The molecule has 2 atom stereocenters. The van der Waals surface area contributed by atoms with Crippen molar-refractivity contribution in [3.63, 3.8) is 0 Å². The van der Waals surface area contributed by atoms with Crippen LogP contribution in [0.25, 0.3) is 0 Å². The quantitative estimate of drug-likeness (QED) is 0.733. The molecular weight excluding hydrogens is 174 g/mol. The first kappa shape index (κ1) is 9.69. The van der Waals surface area contributed by atoms with Crippen LogP contribution >= 0.6 is 0 Å². The van der Waals surface area contributed by atoms with Crippen LogP contribution in [-0.2, 0) is 4.74 Å². The van der Waals surface area contributed by atoms with Gasteiger partial charge in [0, 0.05) is 12.6 Å². The largest absolute Gasteiger partial charge is 0.371 e. The summed E-state index contributed by atoms with van der Waals surface area (Å²) in [4.78, 5) is 0. The summed E-state index contributed by atoms with van der Waals surface area (Å²) in [7, 11) is 0. The van der Waals surface area contributed by atoms with Gasteiger partial charge in [0.25, 0.3) is 0 Å². The van der Waals surface area contributed by atoms with Gasteiger partial charge in [-0.2, -0.15) is 0 Å². The van der Waals surface area contributed by atoms with Crippen LogP contribution < -0.4 is 5.32 Å². The highest BCUT2D eigenvalue weighted by atomic mass is 16.5. The van der Waals surface area contributed by atoms with Gasteiger partial charge < -0.3 is 10.1 Å². The van der Waals surface area contributed by atoms with E-state index in [1.165, 1.54) is 11.1 Å². The molecule has 2 nitrogen and oxygen atoms in total. The molecule has 1 fully saturated rings. The fourth-order valence-electron chi connectivity index (χ4n) is 1.86. The molecule has 1 heterocycles. The minimum atomic E-state index is 0.212. The van der Waals surface area contributed by atoms with E-state index in [2.05, 4.69) is 43.4 Å². The van der Waals surface area contributed by atoms with E-state index in [0.29, 0.717) is 6.04 Å². The van der Waals surface area contributed by atoms with Gasteiger partial charge in [0.1, 0.15) is 0 Å². The van der Waals surface area contributed by atoms with Gasteiger partial charge in [-0.15, -0.1) is 0 Å². The fraction of sp³-hybridized carbons (Fsp3) is 0.500. The second kappa shape index (κ2) is 4.11. The lowest BCUT2D eigenvalue weighted by molar-refractivity contribution is -0.000227. The SMILES string of the molecule is Cc1ccc([C@H]2OCCN[C@@H]2C)cc1. The average Bonchev–Trinajstić information content (AvgIpc) is 2.20. The molecule has 1 aliphatic rings. The van der Waals surface area contributed by atoms with Gasteiger partial charge in [0.2, 0.25) is 0 Å². The Bertz CT molecular complexity index is 294. The third kappa shape index (κ3) is 1.97. The molecule has 0 bridgehead atoms. The predicted molar refractivity (Wildman–Crippen MR) is 57.3 cm³/mol. The van der Waals surface area contributed by atoms with Crippen molar-refractivity contribution in [2.75, 3.05) is 13.2 Å². The molecule has 0 aromatic heterocycles. The van der Waals surface area contributed by atoms with Gasteiger partial charge in [-0.3, -0.25) is 0 Å². The summed E-state index contributed by atoms with van der Waals surface area (Å²) in [5.41, 5.74) is 2.57. The molecule has 0 unspecified atom stereocenters. The maximum absolute atomic E-state index is 5.75. The first-order valence-corrected chi connectivity index (χ1v) is 5.19. The molecule has 1 saturated heterocycles. The monoisotopic (exact) mass is 191 g/mol. The molecule has 1 aliphatic heterocycles. The summed E-state index contributed by atoms with van der Waals surface area (Å²) >= 11 is 0. The van der Waals surface area contributed by atoms with Crippen LogP contribution in [0.3, 0.4) is 0 Å². The van der Waals surface area contributed by atoms with Crippen LogP contribution in [0, 0.1) is 6.92 Å². The van der Waals surface area contributed by atoms with Gasteiger partial charge in [0.05, 0.1) is 12.7 Å². The van der Waals surface area contributed by atoms with Gasteiger partial charge >= 0.3 is 0 Å². The molecule has 76 valence electrons. The minimum Gasteiger partial charge on any atom is -0.371 e. The van der Waals surface area contributed by atoms with Crippen molar-refractivity contribution in [3.05, 3.63) is 35.4 Å². The Morgan fingerprint density at radius 3 is 2.64 bits per heavy atom. The Labute approximate surface area is 85.3 Å². The molecule has 2 heteroatoms. The summed E-state index contributed by atoms with van der Waals surface area (Å²) in [6.07, 6.45) is 0.212. The molecule has 2 rings (SSSR count). The van der Waals surface area contributed by atoms with E-state index >= 15 is 0 Å². The fourth-order valence-corrected chi connectivity index (χ4v) is 1.86. The molecule has 0 radical (unpaired) electrons. The molecule has 0 amide bonds. The second-order valence-electron chi connectivity index (χ2n) is 3.94. The molecule has 0 aliphatic carbocycles. The Hall–Kier alpha value is -0.860. The van der Waals surface area contributed by atoms with Crippen molar-refractivity contribution >= 4 is 0 Å². The van der Waals surface area contributed by atoms with Crippen LogP contribution in [-0.4, -0.2) is 19.2 Å². The first-order chi connectivity index (χ1) is 6.77. The van der Waals surface area contributed by atoms with Crippen LogP contribution in [0.5, 0.6) is 0 Å². The number of hydrogen-bond donors (Lipinski definition) is 1. The standard InChI is InChI=1S/C12H17NO/c1-9-3-5-11(6-4-9)12-10(2)13-7-8-14-12/h3-6,10,12-13H,7-8H2,1-2H3/t10-,12+/m1/s1. The first-order valence-electron chi connectivity index (χ1n) is 5.19. The lowest BCUT2D eigenvalue weighted by Crippen LogP contribution is -2.41. The number of aryl methyl sites for hydroxylation is 1. The summed E-state index contributed by atoms with van der Waals surface area (Å²) in [6.45, 7) is 6.04. The Morgan fingerprint density at radius 1 is 1.29 bits per heavy atom. The number of hydrogen-bond acceptors (Lipinski definition) is 2. The minimum absolute atomic E-state index is 0.212.